The summed E-state index contributed by atoms with van der Waals surface area (Å²) in [6, 6.07) is 80.1. The molecule has 10 aromatic rings. The summed E-state index contributed by atoms with van der Waals surface area (Å²) in [4.78, 5) is 2.42. The van der Waals surface area contributed by atoms with Crippen molar-refractivity contribution in [3.63, 3.8) is 0 Å². The van der Waals surface area contributed by atoms with Crippen molar-refractivity contribution < 1.29 is 0 Å². The average Bonchev–Trinajstić information content (AvgIpc) is 3.70. The van der Waals surface area contributed by atoms with Gasteiger partial charge in [-0.3, -0.25) is 0 Å². The van der Waals surface area contributed by atoms with E-state index in [1.54, 1.807) is 0 Å². The minimum absolute atomic E-state index is 1.04. The van der Waals surface area contributed by atoms with E-state index in [4.69, 9.17) is 0 Å². The van der Waals surface area contributed by atoms with E-state index >= 15 is 0 Å². The maximum absolute atomic E-state index is 2.42. The van der Waals surface area contributed by atoms with Gasteiger partial charge in [-0.2, -0.15) is 0 Å². The van der Waals surface area contributed by atoms with Crippen molar-refractivity contribution in [1.29, 1.82) is 0 Å². The first-order chi connectivity index (χ1) is 29.7. The van der Waals surface area contributed by atoms with Gasteiger partial charge in [0.1, 0.15) is 0 Å². The standard InChI is InChI=1S/C58H41NS/c1-2-13-40(14-3-1)44-17-10-18-45(37-44)41-27-32-49(33-28-41)59(50-34-29-42(30-35-50)46-31-36-58-55(39-46)54-23-7-9-26-57(54)60-58)56-25-8-6-22-53(56)48-20-11-19-47(38-48)52-24-12-16-43-15-4-5-21-51(43)52/h1-11,13-23,25-39H,12,24H2. The first-order valence-electron chi connectivity index (χ1n) is 20.8. The number of benzene rings is 9. The normalized spacial score (nSPS) is 12.3. The monoisotopic (exact) mass is 783 g/mol. The molecule has 0 N–H and O–H groups in total. The number of fused-ring (bicyclic) bond motifs is 4. The number of rotatable bonds is 8. The van der Waals surface area contributed by atoms with Gasteiger partial charge in [-0.15, -0.1) is 11.3 Å². The van der Waals surface area contributed by atoms with Crippen LogP contribution in [0, 0.1) is 0 Å². The highest BCUT2D eigenvalue weighted by Gasteiger charge is 2.19. The largest absolute Gasteiger partial charge is 0.310 e. The number of nitrogens with zero attached hydrogens (tertiary/aromatic N) is 1. The van der Waals surface area contributed by atoms with Gasteiger partial charge in [-0.1, -0.05) is 164 Å². The zero-order valence-electron chi connectivity index (χ0n) is 33.1. The van der Waals surface area contributed by atoms with Crippen LogP contribution < -0.4 is 15.3 Å². The van der Waals surface area contributed by atoms with Gasteiger partial charge in [-0.05, 0) is 134 Å². The van der Waals surface area contributed by atoms with Crippen LogP contribution >= 0.6 is 11.3 Å². The molecule has 1 aliphatic carbocycles. The van der Waals surface area contributed by atoms with E-state index in [9.17, 15) is 0 Å². The van der Waals surface area contributed by atoms with Gasteiger partial charge in [0.05, 0.1) is 5.69 Å². The molecule has 0 saturated carbocycles. The molecular formula is C58H41NS. The lowest BCUT2D eigenvalue weighted by atomic mass is 9.91. The average molecular weight is 784 g/mol. The minimum atomic E-state index is 1.04. The highest BCUT2D eigenvalue weighted by atomic mass is 32.1. The minimum Gasteiger partial charge on any atom is -0.310 e. The quantitative estimate of drug-likeness (QED) is 0.148. The van der Waals surface area contributed by atoms with Crippen LogP contribution in [0.25, 0.3) is 76.3 Å². The summed E-state index contributed by atoms with van der Waals surface area (Å²) in [5.41, 5.74) is 15.7. The lowest BCUT2D eigenvalue weighted by molar-refractivity contribution is 1.08. The molecule has 11 rings (SSSR count). The second-order valence-corrected chi connectivity index (χ2v) is 16.7. The van der Waals surface area contributed by atoms with Crippen molar-refractivity contribution in [2.24, 2.45) is 0 Å². The van der Waals surface area contributed by atoms with Crippen molar-refractivity contribution >= 4 is 60.2 Å². The van der Waals surface area contributed by atoms with Gasteiger partial charge in [0, 0.05) is 37.1 Å². The Kier molecular flexibility index (Phi) is 9.26. The van der Waals surface area contributed by atoms with Crippen molar-refractivity contribution in [3.8, 4) is 44.5 Å². The molecule has 2 heteroatoms. The van der Waals surface area contributed by atoms with Gasteiger partial charge in [-0.25, -0.2) is 0 Å². The molecule has 0 saturated heterocycles. The van der Waals surface area contributed by atoms with E-state index in [-0.39, 0.29) is 0 Å². The van der Waals surface area contributed by atoms with Crippen LogP contribution in [0.4, 0.5) is 17.1 Å². The van der Waals surface area contributed by atoms with E-state index in [2.05, 4.69) is 229 Å². The van der Waals surface area contributed by atoms with Gasteiger partial charge in [0.15, 0.2) is 0 Å². The molecular weight excluding hydrogens is 743 g/mol. The predicted octanol–water partition coefficient (Wildman–Crippen LogP) is 15.0. The Hall–Kier alpha value is -7.26. The number of thiophene rings is 1. The van der Waals surface area contributed by atoms with Crippen molar-refractivity contribution in [1.82, 2.24) is 0 Å². The Balaban J connectivity index is 1.01. The topological polar surface area (TPSA) is 3.24 Å². The fraction of sp³-hybridized carbons (Fsp3) is 0.0345. The fourth-order valence-corrected chi connectivity index (χ4v) is 10.1. The Morgan fingerprint density at radius 1 is 0.367 bits per heavy atom. The van der Waals surface area contributed by atoms with Crippen molar-refractivity contribution in [2.75, 3.05) is 4.90 Å². The number of para-hydroxylation sites is 1. The number of anilines is 3. The van der Waals surface area contributed by atoms with Gasteiger partial charge in [0.2, 0.25) is 0 Å². The third-order valence-corrected chi connectivity index (χ3v) is 13.1. The molecule has 0 bridgehead atoms. The molecule has 1 heterocycles. The first-order valence-corrected chi connectivity index (χ1v) is 21.6. The molecule has 1 nitrogen and oxygen atoms in total. The maximum Gasteiger partial charge on any atom is 0.0540 e. The van der Waals surface area contributed by atoms with Crippen LogP contribution in [-0.4, -0.2) is 0 Å². The zero-order chi connectivity index (χ0) is 39.8. The van der Waals surface area contributed by atoms with Gasteiger partial charge < -0.3 is 4.90 Å². The molecule has 0 amide bonds. The molecule has 0 aliphatic heterocycles. The maximum atomic E-state index is 2.42. The van der Waals surface area contributed by atoms with E-state index in [0.29, 0.717) is 0 Å². The zero-order valence-corrected chi connectivity index (χ0v) is 33.9. The first kappa shape index (κ1) is 35.9. The smallest absolute Gasteiger partial charge is 0.0540 e. The van der Waals surface area contributed by atoms with E-state index in [1.807, 2.05) is 11.3 Å². The second-order valence-electron chi connectivity index (χ2n) is 15.6. The summed E-state index contributed by atoms with van der Waals surface area (Å²) in [6.45, 7) is 0. The summed E-state index contributed by atoms with van der Waals surface area (Å²) in [5.74, 6) is 0. The molecule has 1 aliphatic rings. The Morgan fingerprint density at radius 3 is 1.70 bits per heavy atom. The third-order valence-electron chi connectivity index (χ3n) is 12.0. The summed E-state index contributed by atoms with van der Waals surface area (Å²) in [5, 5.41) is 5.31. The summed E-state index contributed by atoms with van der Waals surface area (Å²) < 4.78 is 2.65. The lowest BCUT2D eigenvalue weighted by Gasteiger charge is -2.28. The Morgan fingerprint density at radius 2 is 0.917 bits per heavy atom. The van der Waals surface area contributed by atoms with Crippen LogP contribution in [0.5, 0.6) is 0 Å². The van der Waals surface area contributed by atoms with Crippen LogP contribution in [0.15, 0.2) is 218 Å². The van der Waals surface area contributed by atoms with Crippen molar-refractivity contribution in [2.45, 2.75) is 12.8 Å². The predicted molar refractivity (Wildman–Crippen MR) is 258 cm³/mol. The molecule has 284 valence electrons. The van der Waals surface area contributed by atoms with Crippen molar-refractivity contribution in [3.05, 3.63) is 234 Å². The molecule has 9 aromatic carbocycles. The molecule has 60 heavy (non-hydrogen) atoms. The third kappa shape index (κ3) is 6.71. The van der Waals surface area contributed by atoms with Crippen LogP contribution in [0.3, 0.4) is 0 Å². The molecule has 0 atom stereocenters. The fourth-order valence-electron chi connectivity index (χ4n) is 8.99. The molecule has 0 spiro atoms. The number of hydrogen-bond acceptors (Lipinski definition) is 2. The van der Waals surface area contributed by atoms with Crippen LogP contribution in [0.2, 0.25) is 0 Å². The molecule has 0 radical (unpaired) electrons. The summed E-state index contributed by atoms with van der Waals surface area (Å²) in [7, 11) is 0. The van der Waals surface area contributed by atoms with Crippen LogP contribution in [-0.2, 0) is 0 Å². The van der Waals surface area contributed by atoms with Gasteiger partial charge >= 0.3 is 0 Å². The SMILES string of the molecule is C1=c2ccccc2=C(c2cccc(-c3ccccc3N(c3ccc(-c4cccc(-c5ccccc5)c4)cc3)c3ccc(-c4ccc5sc6ccccc6c5c4)cc3)c2)CC1. The van der Waals surface area contributed by atoms with Gasteiger partial charge in [0.25, 0.3) is 0 Å². The highest BCUT2D eigenvalue weighted by Crippen LogP contribution is 2.43. The Bertz CT molecular complexity index is 3300. The highest BCUT2D eigenvalue weighted by molar-refractivity contribution is 7.25. The van der Waals surface area contributed by atoms with Crippen LogP contribution in [0.1, 0.15) is 18.4 Å². The molecule has 1 aromatic heterocycles. The molecule has 0 fully saturated rings. The molecule has 0 unspecified atom stereocenters. The second kappa shape index (κ2) is 15.5. The number of hydrogen-bond donors (Lipinski definition) is 0. The lowest BCUT2D eigenvalue weighted by Crippen LogP contribution is -2.29. The van der Waals surface area contributed by atoms with E-state index in [1.165, 1.54) is 86.3 Å². The summed E-state index contributed by atoms with van der Waals surface area (Å²) in [6.07, 6.45) is 4.47. The van der Waals surface area contributed by atoms with E-state index in [0.717, 1.165) is 29.9 Å². The summed E-state index contributed by atoms with van der Waals surface area (Å²) >= 11 is 1.86. The Labute approximate surface area is 355 Å². The van der Waals surface area contributed by atoms with E-state index < -0.39 is 0 Å².